The zero-order valence-corrected chi connectivity index (χ0v) is 14.1. The predicted molar refractivity (Wildman–Crippen MR) is 92.8 cm³/mol. The molecule has 0 bridgehead atoms. The molecule has 0 spiro atoms. The summed E-state index contributed by atoms with van der Waals surface area (Å²) in [6.45, 7) is 2.81. The molecule has 0 aromatic heterocycles. The van der Waals surface area contributed by atoms with Crippen molar-refractivity contribution in [2.24, 2.45) is 0 Å². The molecule has 0 aliphatic carbocycles. The molecule has 2 aromatic rings. The maximum absolute atomic E-state index is 13.6. The minimum absolute atomic E-state index is 0.239. The van der Waals surface area contributed by atoms with Gasteiger partial charge >= 0.3 is 0 Å². The number of aliphatic hydroxyl groups excluding tert-OH is 1. The van der Waals surface area contributed by atoms with E-state index < -0.39 is 0 Å². The Kier molecular flexibility index (Phi) is 6.00. The summed E-state index contributed by atoms with van der Waals surface area (Å²) in [5, 5.41) is 9.54. The maximum Gasteiger partial charge on any atom is 0.123 e. The van der Waals surface area contributed by atoms with Crippen LogP contribution in [-0.2, 0) is 12.8 Å². The predicted octanol–water partition coefficient (Wildman–Crippen LogP) is 3.20. The summed E-state index contributed by atoms with van der Waals surface area (Å²) in [6, 6.07) is 10.9. The zero-order valence-electron chi connectivity index (χ0n) is 14.1. The summed E-state index contributed by atoms with van der Waals surface area (Å²) in [5.74, 6) is 0.137. The highest BCUT2D eigenvalue weighted by atomic mass is 19.1. The number of hydrogen-bond acceptors (Lipinski definition) is 3. The molecule has 0 radical (unpaired) electrons. The first-order valence-corrected chi connectivity index (χ1v) is 8.66. The van der Waals surface area contributed by atoms with E-state index in [9.17, 15) is 13.9 Å². The van der Waals surface area contributed by atoms with E-state index in [0.717, 1.165) is 30.6 Å². The molecule has 25 heavy (non-hydrogen) atoms. The van der Waals surface area contributed by atoms with Crippen molar-refractivity contribution in [1.82, 2.24) is 4.90 Å². The lowest BCUT2D eigenvalue weighted by Crippen LogP contribution is -2.27. The van der Waals surface area contributed by atoms with E-state index in [4.69, 9.17) is 4.74 Å². The van der Waals surface area contributed by atoms with E-state index >= 15 is 0 Å². The van der Waals surface area contributed by atoms with Gasteiger partial charge in [-0.25, -0.2) is 8.78 Å². The number of aliphatic hydroxyl groups is 1. The third-order valence-electron chi connectivity index (χ3n) is 4.53. The van der Waals surface area contributed by atoms with Gasteiger partial charge in [-0.3, -0.25) is 4.90 Å². The smallest absolute Gasteiger partial charge is 0.123 e. The molecule has 2 aromatic carbocycles. The largest absolute Gasteiger partial charge is 0.492 e. The van der Waals surface area contributed by atoms with E-state index in [1.54, 1.807) is 18.2 Å². The molecule has 1 unspecified atom stereocenters. The first-order valence-electron chi connectivity index (χ1n) is 8.66. The second kappa shape index (κ2) is 8.41. The molecule has 1 atom stereocenters. The number of likely N-dealkylation sites (tertiary alicyclic amines) is 1. The van der Waals surface area contributed by atoms with Crippen LogP contribution >= 0.6 is 0 Å². The number of halogens is 2. The van der Waals surface area contributed by atoms with Gasteiger partial charge in [0.05, 0.1) is 6.10 Å². The van der Waals surface area contributed by atoms with Crippen LogP contribution in [-0.4, -0.2) is 42.4 Å². The number of hydrogen-bond donors (Lipinski definition) is 1. The van der Waals surface area contributed by atoms with Crippen molar-refractivity contribution in [2.75, 3.05) is 26.2 Å². The molecule has 1 fully saturated rings. The molecule has 1 heterocycles. The van der Waals surface area contributed by atoms with Gasteiger partial charge in [0, 0.05) is 19.6 Å². The Morgan fingerprint density at radius 3 is 2.52 bits per heavy atom. The Hall–Kier alpha value is -1.98. The van der Waals surface area contributed by atoms with Crippen LogP contribution in [0.3, 0.4) is 0 Å². The van der Waals surface area contributed by atoms with Gasteiger partial charge in [-0.2, -0.15) is 0 Å². The third-order valence-corrected chi connectivity index (χ3v) is 4.53. The molecular formula is C20H23F2NO2. The number of nitrogens with zero attached hydrogens (tertiary/aromatic N) is 1. The fraction of sp³-hybridized carbons (Fsp3) is 0.400. The lowest BCUT2D eigenvalue weighted by Gasteiger charge is -2.17. The minimum Gasteiger partial charge on any atom is -0.492 e. The maximum atomic E-state index is 13.6. The molecule has 5 heteroatoms. The molecule has 1 aliphatic rings. The first kappa shape index (κ1) is 17.8. The Bertz CT molecular complexity index is 691. The highest BCUT2D eigenvalue weighted by molar-refractivity contribution is 5.35. The monoisotopic (exact) mass is 347 g/mol. The van der Waals surface area contributed by atoms with Crippen molar-refractivity contribution in [3.05, 3.63) is 65.2 Å². The standard InChI is InChI=1S/C20H23F2NO2/c21-17-5-2-15(3-6-17)1-4-16-13-18(22)7-8-20(16)25-12-11-23-10-9-19(24)14-23/h2-3,5-8,13,19,24H,1,4,9-12,14H2. The second-order valence-corrected chi connectivity index (χ2v) is 6.47. The normalized spacial score (nSPS) is 17.8. The molecule has 3 nitrogen and oxygen atoms in total. The van der Waals surface area contributed by atoms with E-state index in [2.05, 4.69) is 4.90 Å². The minimum atomic E-state index is -0.288. The van der Waals surface area contributed by atoms with Crippen LogP contribution in [0.1, 0.15) is 17.5 Å². The van der Waals surface area contributed by atoms with E-state index in [0.29, 0.717) is 31.7 Å². The number of ether oxygens (including phenoxy) is 1. The summed E-state index contributed by atoms with van der Waals surface area (Å²) in [6.07, 6.45) is 1.89. The Balaban J connectivity index is 1.56. The Morgan fingerprint density at radius 1 is 1.04 bits per heavy atom. The van der Waals surface area contributed by atoms with Gasteiger partial charge in [-0.1, -0.05) is 12.1 Å². The second-order valence-electron chi connectivity index (χ2n) is 6.47. The van der Waals surface area contributed by atoms with Crippen LogP contribution in [0, 0.1) is 11.6 Å². The van der Waals surface area contributed by atoms with Crippen LogP contribution in [0.5, 0.6) is 5.75 Å². The summed E-state index contributed by atoms with van der Waals surface area (Å²) < 4.78 is 32.4. The summed E-state index contributed by atoms with van der Waals surface area (Å²) >= 11 is 0. The zero-order chi connectivity index (χ0) is 17.6. The van der Waals surface area contributed by atoms with Gasteiger partial charge in [-0.05, 0) is 60.7 Å². The lowest BCUT2D eigenvalue weighted by atomic mass is 10.0. The number of rotatable bonds is 7. The number of aryl methyl sites for hydroxylation is 2. The molecule has 1 saturated heterocycles. The fourth-order valence-electron chi connectivity index (χ4n) is 3.11. The first-order chi connectivity index (χ1) is 12.1. The van der Waals surface area contributed by atoms with Crippen LogP contribution in [0.25, 0.3) is 0 Å². The summed E-state index contributed by atoms with van der Waals surface area (Å²) in [5.41, 5.74) is 1.81. The number of β-amino-alcohol motifs (C(OH)–C–C–N with tert-alkyl or cyclic N) is 1. The third kappa shape index (κ3) is 5.25. The topological polar surface area (TPSA) is 32.7 Å². The van der Waals surface area contributed by atoms with E-state index in [1.165, 1.54) is 24.3 Å². The molecule has 3 rings (SSSR count). The van der Waals surface area contributed by atoms with Crippen molar-refractivity contribution in [2.45, 2.75) is 25.4 Å². The average Bonchev–Trinajstić information content (AvgIpc) is 3.01. The quantitative estimate of drug-likeness (QED) is 0.835. The summed E-state index contributed by atoms with van der Waals surface area (Å²) in [4.78, 5) is 2.16. The van der Waals surface area contributed by atoms with Crippen molar-refractivity contribution in [3.63, 3.8) is 0 Å². The van der Waals surface area contributed by atoms with Gasteiger partial charge in [-0.15, -0.1) is 0 Å². The molecule has 134 valence electrons. The molecule has 1 aliphatic heterocycles. The van der Waals surface area contributed by atoms with Gasteiger partial charge in [0.2, 0.25) is 0 Å². The molecule has 0 amide bonds. The van der Waals surface area contributed by atoms with Crippen molar-refractivity contribution < 1.29 is 18.6 Å². The number of benzene rings is 2. The highest BCUT2D eigenvalue weighted by Gasteiger charge is 2.19. The van der Waals surface area contributed by atoms with Crippen molar-refractivity contribution in [3.8, 4) is 5.75 Å². The van der Waals surface area contributed by atoms with E-state index in [1.807, 2.05) is 0 Å². The van der Waals surface area contributed by atoms with Gasteiger partial charge in [0.1, 0.15) is 24.0 Å². The van der Waals surface area contributed by atoms with E-state index in [-0.39, 0.29) is 17.7 Å². The van der Waals surface area contributed by atoms with Crippen LogP contribution in [0.15, 0.2) is 42.5 Å². The Labute approximate surface area is 146 Å². The lowest BCUT2D eigenvalue weighted by molar-refractivity contribution is 0.167. The average molecular weight is 347 g/mol. The van der Waals surface area contributed by atoms with Gasteiger partial charge in [0.15, 0.2) is 0 Å². The van der Waals surface area contributed by atoms with Crippen LogP contribution < -0.4 is 4.74 Å². The summed E-state index contributed by atoms with van der Waals surface area (Å²) in [7, 11) is 0. The van der Waals surface area contributed by atoms with Crippen molar-refractivity contribution >= 4 is 0 Å². The van der Waals surface area contributed by atoms with Gasteiger partial charge < -0.3 is 9.84 Å². The molecule has 1 N–H and O–H groups in total. The molecule has 0 saturated carbocycles. The Morgan fingerprint density at radius 2 is 1.80 bits per heavy atom. The van der Waals surface area contributed by atoms with Crippen LogP contribution in [0.4, 0.5) is 8.78 Å². The fourth-order valence-corrected chi connectivity index (χ4v) is 3.11. The highest BCUT2D eigenvalue weighted by Crippen LogP contribution is 2.22. The van der Waals surface area contributed by atoms with Crippen LogP contribution in [0.2, 0.25) is 0 Å². The van der Waals surface area contributed by atoms with Crippen molar-refractivity contribution in [1.29, 1.82) is 0 Å². The SMILES string of the molecule is OC1CCN(CCOc2ccc(F)cc2CCc2ccc(F)cc2)C1. The van der Waals surface area contributed by atoms with Gasteiger partial charge in [0.25, 0.3) is 0 Å². The molecular weight excluding hydrogens is 324 g/mol.